The summed E-state index contributed by atoms with van der Waals surface area (Å²) in [6.07, 6.45) is 3.42. The van der Waals surface area contributed by atoms with Gasteiger partial charge in [0.15, 0.2) is 5.65 Å². The topological polar surface area (TPSA) is 68.1 Å². The summed E-state index contributed by atoms with van der Waals surface area (Å²) < 4.78 is 7.03. The number of anilines is 1. The number of nitrogens with one attached hydrogen (secondary N) is 1. The van der Waals surface area contributed by atoms with Crippen LogP contribution < -0.4 is 10.2 Å². The normalized spacial score (nSPS) is 14.2. The van der Waals surface area contributed by atoms with Gasteiger partial charge in [-0.05, 0) is 23.8 Å². The minimum atomic E-state index is 0.340. The molecule has 0 unspecified atom stereocenters. The Kier molecular flexibility index (Phi) is 2.55. The third-order valence-electron chi connectivity index (χ3n) is 3.54. The van der Waals surface area contributed by atoms with Crippen LogP contribution in [0.4, 0.5) is 5.69 Å². The Bertz CT molecular complexity index is 827. The number of benzene rings is 1. The fourth-order valence-corrected chi connectivity index (χ4v) is 2.55. The van der Waals surface area contributed by atoms with Gasteiger partial charge in [-0.25, -0.2) is 15.0 Å². The van der Waals surface area contributed by atoms with E-state index in [-0.39, 0.29) is 0 Å². The quantitative estimate of drug-likeness (QED) is 0.770. The monoisotopic (exact) mass is 282 g/mol. The van der Waals surface area contributed by atoms with Gasteiger partial charge < -0.3 is 10.2 Å². The summed E-state index contributed by atoms with van der Waals surface area (Å²) in [5.41, 5.74) is 8.17. The number of hydrazine groups is 1. The first-order valence-electron chi connectivity index (χ1n) is 6.60. The van der Waals surface area contributed by atoms with Gasteiger partial charge in [0.2, 0.25) is 0 Å². The summed E-state index contributed by atoms with van der Waals surface area (Å²) in [5.74, 6) is 0. The van der Waals surface area contributed by atoms with Crippen molar-refractivity contribution in [1.82, 2.24) is 24.5 Å². The van der Waals surface area contributed by atoms with Crippen molar-refractivity contribution in [2.24, 2.45) is 0 Å². The highest BCUT2D eigenvalue weighted by atomic mass is 16.5. The smallest absolute Gasteiger partial charge is 0.318 e. The van der Waals surface area contributed by atoms with E-state index in [4.69, 9.17) is 4.74 Å². The lowest BCUT2D eigenvalue weighted by Gasteiger charge is -2.07. The van der Waals surface area contributed by atoms with E-state index in [0.29, 0.717) is 6.01 Å². The molecule has 0 saturated carbocycles. The summed E-state index contributed by atoms with van der Waals surface area (Å²) in [6.45, 7) is 0.869. The molecule has 7 heteroatoms. The van der Waals surface area contributed by atoms with Crippen molar-refractivity contribution in [2.45, 2.75) is 6.54 Å². The molecule has 106 valence electrons. The molecule has 7 nitrogen and oxygen atoms in total. The number of imidazole rings is 1. The van der Waals surface area contributed by atoms with Crippen LogP contribution in [0, 0.1) is 0 Å². The van der Waals surface area contributed by atoms with Crippen LogP contribution in [0.3, 0.4) is 0 Å². The van der Waals surface area contributed by atoms with Crippen LogP contribution >= 0.6 is 0 Å². The Morgan fingerprint density at radius 2 is 2.19 bits per heavy atom. The van der Waals surface area contributed by atoms with Crippen LogP contribution in [0.2, 0.25) is 0 Å². The number of hydrogen-bond donors (Lipinski definition) is 1. The fraction of sp³-hybridized carbons (Fsp3) is 0.214. The van der Waals surface area contributed by atoms with Crippen LogP contribution in [0.15, 0.2) is 30.7 Å². The molecule has 0 aliphatic carbocycles. The number of aromatic nitrogens is 4. The maximum Gasteiger partial charge on any atom is 0.318 e. The molecule has 0 amide bonds. The van der Waals surface area contributed by atoms with Gasteiger partial charge in [0.1, 0.15) is 11.8 Å². The van der Waals surface area contributed by atoms with E-state index in [0.717, 1.165) is 29.1 Å². The van der Waals surface area contributed by atoms with Crippen LogP contribution in [0.5, 0.6) is 6.01 Å². The number of nitrogens with zero attached hydrogens (tertiary/aromatic N) is 5. The van der Waals surface area contributed by atoms with Crippen LogP contribution in [0.25, 0.3) is 16.9 Å². The molecular weight excluding hydrogens is 268 g/mol. The number of rotatable bonds is 2. The molecule has 0 atom stereocenters. The van der Waals surface area contributed by atoms with Crippen LogP contribution in [-0.2, 0) is 6.54 Å². The first-order valence-corrected chi connectivity index (χ1v) is 6.60. The van der Waals surface area contributed by atoms with Gasteiger partial charge >= 0.3 is 6.01 Å². The molecular formula is C14H14N6O. The van der Waals surface area contributed by atoms with Crippen molar-refractivity contribution in [1.29, 1.82) is 0 Å². The van der Waals surface area contributed by atoms with E-state index < -0.39 is 0 Å². The standard InChI is InChI=1S/C14H14N6O/c1-19-7-9-5-10(3-4-11(9)18-19)20-8-16-12-6-15-14(21-2)17-13(12)20/h3-6,8,18H,7H2,1-2H3. The molecule has 0 saturated heterocycles. The fourth-order valence-electron chi connectivity index (χ4n) is 2.55. The van der Waals surface area contributed by atoms with Crippen molar-refractivity contribution in [3.8, 4) is 11.7 Å². The SMILES string of the molecule is COc1ncc2ncn(-c3ccc4c(c3)CN(C)N4)c2n1. The molecule has 0 bridgehead atoms. The number of methoxy groups -OCH3 is 1. The molecule has 3 aromatic rings. The van der Waals surface area contributed by atoms with Crippen LogP contribution in [-0.4, -0.2) is 38.7 Å². The van der Waals surface area contributed by atoms with Gasteiger partial charge in [0.05, 0.1) is 19.0 Å². The Morgan fingerprint density at radius 1 is 1.29 bits per heavy atom. The van der Waals surface area contributed by atoms with Gasteiger partial charge in [0.25, 0.3) is 0 Å². The van der Waals surface area contributed by atoms with E-state index in [1.165, 1.54) is 5.56 Å². The van der Waals surface area contributed by atoms with Crippen molar-refractivity contribution in [3.05, 3.63) is 36.3 Å². The predicted octanol–water partition coefficient (Wildman–Crippen LogP) is 1.60. The summed E-state index contributed by atoms with van der Waals surface area (Å²) in [4.78, 5) is 12.8. The maximum atomic E-state index is 5.09. The Hall–Kier alpha value is -2.67. The van der Waals surface area contributed by atoms with Crippen molar-refractivity contribution < 1.29 is 4.74 Å². The van der Waals surface area contributed by atoms with E-state index in [1.54, 1.807) is 19.6 Å². The molecule has 3 heterocycles. The lowest BCUT2D eigenvalue weighted by atomic mass is 10.1. The largest absolute Gasteiger partial charge is 0.467 e. The number of ether oxygens (including phenoxy) is 1. The average Bonchev–Trinajstić information content (AvgIpc) is 3.07. The molecule has 1 N–H and O–H groups in total. The molecule has 1 aromatic carbocycles. The highest BCUT2D eigenvalue weighted by Crippen LogP contribution is 2.27. The molecule has 0 spiro atoms. The number of fused-ring (bicyclic) bond motifs is 2. The van der Waals surface area contributed by atoms with Gasteiger partial charge in [-0.2, -0.15) is 4.98 Å². The molecule has 1 aliphatic rings. The van der Waals surface area contributed by atoms with Crippen molar-refractivity contribution in [3.63, 3.8) is 0 Å². The van der Waals surface area contributed by atoms with Crippen molar-refractivity contribution >= 4 is 16.9 Å². The van der Waals surface area contributed by atoms with E-state index >= 15 is 0 Å². The van der Waals surface area contributed by atoms with Crippen LogP contribution in [0.1, 0.15) is 5.56 Å². The lowest BCUT2D eigenvalue weighted by molar-refractivity contribution is 0.381. The molecule has 0 radical (unpaired) electrons. The first kappa shape index (κ1) is 12.1. The molecule has 1 aliphatic heterocycles. The highest BCUT2D eigenvalue weighted by Gasteiger charge is 2.16. The minimum absolute atomic E-state index is 0.340. The van der Waals surface area contributed by atoms with Crippen molar-refractivity contribution in [2.75, 3.05) is 19.6 Å². The zero-order chi connectivity index (χ0) is 14.4. The summed E-state index contributed by atoms with van der Waals surface area (Å²) in [6, 6.07) is 6.59. The molecule has 2 aromatic heterocycles. The summed E-state index contributed by atoms with van der Waals surface area (Å²) in [7, 11) is 3.57. The van der Waals surface area contributed by atoms with Gasteiger partial charge in [0, 0.05) is 19.3 Å². The third-order valence-corrected chi connectivity index (χ3v) is 3.54. The third kappa shape index (κ3) is 1.90. The summed E-state index contributed by atoms with van der Waals surface area (Å²) >= 11 is 0. The zero-order valence-electron chi connectivity index (χ0n) is 11.7. The Morgan fingerprint density at radius 3 is 3.05 bits per heavy atom. The second kappa shape index (κ2) is 4.42. The predicted molar refractivity (Wildman–Crippen MR) is 78.3 cm³/mol. The second-order valence-corrected chi connectivity index (χ2v) is 4.99. The number of hydrogen-bond acceptors (Lipinski definition) is 6. The molecule has 4 rings (SSSR count). The van der Waals surface area contributed by atoms with Gasteiger partial charge in [-0.3, -0.25) is 4.57 Å². The average molecular weight is 282 g/mol. The van der Waals surface area contributed by atoms with E-state index in [1.807, 2.05) is 22.7 Å². The van der Waals surface area contributed by atoms with E-state index in [2.05, 4.69) is 32.5 Å². The molecule has 0 fully saturated rings. The van der Waals surface area contributed by atoms with E-state index in [9.17, 15) is 0 Å². The maximum absolute atomic E-state index is 5.09. The zero-order valence-corrected chi connectivity index (χ0v) is 11.7. The minimum Gasteiger partial charge on any atom is -0.467 e. The molecule has 21 heavy (non-hydrogen) atoms. The Labute approximate surface area is 121 Å². The first-order chi connectivity index (χ1) is 10.2. The second-order valence-electron chi connectivity index (χ2n) is 4.99. The lowest BCUT2D eigenvalue weighted by Crippen LogP contribution is -2.16. The highest BCUT2D eigenvalue weighted by molar-refractivity contribution is 5.73. The van der Waals surface area contributed by atoms with Gasteiger partial charge in [-0.1, -0.05) is 0 Å². The summed E-state index contributed by atoms with van der Waals surface area (Å²) in [5, 5.41) is 2.05. The van der Waals surface area contributed by atoms with Gasteiger partial charge in [-0.15, -0.1) is 0 Å². The Balaban J connectivity index is 1.85.